The monoisotopic (exact) mass is 317 g/mol. The van der Waals surface area contributed by atoms with Crippen molar-refractivity contribution < 1.29 is 0 Å². The van der Waals surface area contributed by atoms with Crippen LogP contribution in [0.4, 0.5) is 5.82 Å². The maximum atomic E-state index is 11.8. The number of aromatic nitrogens is 2. The zero-order valence-electron chi connectivity index (χ0n) is 10.7. The predicted molar refractivity (Wildman–Crippen MR) is 85.7 cm³/mol. The normalized spacial score (nSPS) is 10.8. The molecule has 0 fully saturated rings. The van der Waals surface area contributed by atoms with Crippen LogP contribution < -0.4 is 11.3 Å². The Balaban J connectivity index is 2.52. The first-order valence-corrected chi connectivity index (χ1v) is 6.84. The van der Waals surface area contributed by atoms with Crippen molar-refractivity contribution in [2.45, 2.75) is 0 Å². The summed E-state index contributed by atoms with van der Waals surface area (Å²) in [7, 11) is 0. The summed E-state index contributed by atoms with van der Waals surface area (Å²) in [6.07, 6.45) is 0. The molecule has 4 nitrogen and oxygen atoms in total. The molecule has 2 aromatic carbocycles. The topological polar surface area (TPSA) is 68.9 Å². The van der Waals surface area contributed by atoms with E-state index in [1.54, 1.807) is 30.3 Å². The van der Waals surface area contributed by atoms with Gasteiger partial charge in [0, 0.05) is 21.0 Å². The summed E-state index contributed by atoms with van der Waals surface area (Å²) < 4.78 is 0. The van der Waals surface area contributed by atoms with E-state index in [4.69, 9.17) is 28.9 Å². The van der Waals surface area contributed by atoms with Crippen LogP contribution in [0.15, 0.2) is 47.3 Å². The third-order valence-corrected chi connectivity index (χ3v) is 3.58. The largest absolute Gasteiger partial charge is 0.379 e. The Bertz CT molecular complexity index is 913. The van der Waals surface area contributed by atoms with Crippen molar-refractivity contribution in [3.05, 3.63) is 62.9 Å². The second kappa shape index (κ2) is 5.31. The van der Waals surface area contributed by atoms with E-state index < -0.39 is 5.56 Å². The quantitative estimate of drug-likeness (QED) is 0.745. The number of fused-ring (bicyclic) bond motifs is 1. The molecule has 6 heteroatoms. The molecule has 1 heterocycles. The smallest absolute Gasteiger partial charge is 0.312 e. The van der Waals surface area contributed by atoms with Gasteiger partial charge >= 0.3 is 5.56 Å². The molecular formula is C15H9Cl2N3O. The molecule has 3 aromatic rings. The van der Waals surface area contributed by atoms with Crippen LogP contribution >= 0.6 is 23.2 Å². The lowest BCUT2D eigenvalue weighted by Crippen LogP contribution is -2.09. The van der Waals surface area contributed by atoms with Gasteiger partial charge in [-0.05, 0) is 24.3 Å². The Kier molecular flexibility index (Phi) is 3.49. The Morgan fingerprint density at radius 2 is 1.76 bits per heavy atom. The van der Waals surface area contributed by atoms with Gasteiger partial charge in [-0.3, -0.25) is 4.79 Å². The van der Waals surface area contributed by atoms with Gasteiger partial charge in [0.2, 0.25) is 0 Å². The first-order chi connectivity index (χ1) is 10.1. The number of nitrogen functional groups attached to an aromatic ring is 1. The van der Waals surface area contributed by atoms with E-state index in [0.29, 0.717) is 32.2 Å². The maximum Gasteiger partial charge on any atom is 0.312 e. The standard InChI is InChI=1S/C15H9Cl2N3O/c16-8-5-6-12-10(7-8)13(20-14(18)15(21)19-12)9-3-1-2-4-11(9)17/h1-7H,(H2,18,19,20,21). The fraction of sp³-hybridized carbons (Fsp3) is 0. The molecule has 0 aliphatic rings. The van der Waals surface area contributed by atoms with Crippen molar-refractivity contribution in [2.75, 3.05) is 5.73 Å². The third kappa shape index (κ3) is 2.55. The molecule has 0 saturated heterocycles. The Morgan fingerprint density at radius 1 is 1.00 bits per heavy atom. The lowest BCUT2D eigenvalue weighted by molar-refractivity contribution is 1.27. The molecule has 0 spiro atoms. The number of nitrogens with zero attached hydrogens (tertiary/aromatic N) is 2. The highest BCUT2D eigenvalue weighted by molar-refractivity contribution is 6.34. The number of benzene rings is 2. The van der Waals surface area contributed by atoms with E-state index in [0.717, 1.165) is 0 Å². The fourth-order valence-corrected chi connectivity index (χ4v) is 2.45. The van der Waals surface area contributed by atoms with Gasteiger partial charge in [0.25, 0.3) is 0 Å². The SMILES string of the molecule is Nc1nc(-c2ccccc2Cl)c2cc(Cl)ccc2nc1=O. The summed E-state index contributed by atoms with van der Waals surface area (Å²) in [4.78, 5) is 20.0. The summed E-state index contributed by atoms with van der Waals surface area (Å²) in [6.45, 7) is 0. The summed E-state index contributed by atoms with van der Waals surface area (Å²) >= 11 is 12.3. The lowest BCUT2D eigenvalue weighted by atomic mass is 10.1. The van der Waals surface area contributed by atoms with Crippen LogP contribution in [-0.2, 0) is 0 Å². The summed E-state index contributed by atoms with van der Waals surface area (Å²) in [5.74, 6) is -0.183. The van der Waals surface area contributed by atoms with Crippen LogP contribution in [0, 0.1) is 0 Å². The molecule has 2 N–H and O–H groups in total. The van der Waals surface area contributed by atoms with Crippen LogP contribution in [0.3, 0.4) is 0 Å². The molecule has 0 atom stereocenters. The van der Waals surface area contributed by atoms with E-state index in [2.05, 4.69) is 9.97 Å². The van der Waals surface area contributed by atoms with Crippen molar-refractivity contribution >= 4 is 39.9 Å². The minimum atomic E-state index is -0.583. The van der Waals surface area contributed by atoms with Gasteiger partial charge in [-0.15, -0.1) is 0 Å². The van der Waals surface area contributed by atoms with Crippen LogP contribution in [0.1, 0.15) is 0 Å². The van der Waals surface area contributed by atoms with Crippen molar-refractivity contribution in [3.63, 3.8) is 0 Å². The van der Waals surface area contributed by atoms with Crippen molar-refractivity contribution in [1.29, 1.82) is 0 Å². The van der Waals surface area contributed by atoms with E-state index >= 15 is 0 Å². The minimum Gasteiger partial charge on any atom is -0.379 e. The number of rotatable bonds is 1. The Labute approximate surface area is 130 Å². The summed E-state index contributed by atoms with van der Waals surface area (Å²) in [5, 5.41) is 1.63. The average Bonchev–Trinajstić information content (AvgIpc) is 2.58. The van der Waals surface area contributed by atoms with E-state index in [1.165, 1.54) is 0 Å². The Hall–Kier alpha value is -2.17. The minimum absolute atomic E-state index is 0.183. The molecule has 21 heavy (non-hydrogen) atoms. The van der Waals surface area contributed by atoms with Gasteiger partial charge < -0.3 is 5.73 Å². The number of anilines is 1. The van der Waals surface area contributed by atoms with Crippen LogP contribution in [0.5, 0.6) is 0 Å². The van der Waals surface area contributed by atoms with Crippen LogP contribution in [-0.4, -0.2) is 9.97 Å². The zero-order chi connectivity index (χ0) is 15.0. The van der Waals surface area contributed by atoms with Gasteiger partial charge in [0.1, 0.15) is 0 Å². The first-order valence-electron chi connectivity index (χ1n) is 6.08. The van der Waals surface area contributed by atoms with Gasteiger partial charge in [-0.2, -0.15) is 0 Å². The molecule has 0 saturated carbocycles. The first kappa shape index (κ1) is 13.8. The number of hydrogen-bond acceptors (Lipinski definition) is 4. The van der Waals surface area contributed by atoms with Gasteiger partial charge in [0.15, 0.2) is 5.82 Å². The van der Waals surface area contributed by atoms with Gasteiger partial charge in [0.05, 0.1) is 11.2 Å². The highest BCUT2D eigenvalue weighted by Gasteiger charge is 2.11. The van der Waals surface area contributed by atoms with E-state index in [9.17, 15) is 4.79 Å². The number of halogens is 2. The summed E-state index contributed by atoms with van der Waals surface area (Å²) in [6, 6.07) is 12.2. The zero-order valence-corrected chi connectivity index (χ0v) is 12.2. The van der Waals surface area contributed by atoms with Crippen molar-refractivity contribution in [1.82, 2.24) is 9.97 Å². The molecule has 1 aromatic heterocycles. The maximum absolute atomic E-state index is 11.8. The molecule has 0 aliphatic carbocycles. The fourth-order valence-electron chi connectivity index (χ4n) is 2.05. The molecule has 0 unspecified atom stereocenters. The van der Waals surface area contributed by atoms with E-state index in [1.807, 2.05) is 12.1 Å². The number of hydrogen-bond donors (Lipinski definition) is 1. The van der Waals surface area contributed by atoms with Gasteiger partial charge in [-0.1, -0.05) is 41.4 Å². The highest BCUT2D eigenvalue weighted by atomic mass is 35.5. The molecule has 0 radical (unpaired) electrons. The second-order valence-corrected chi connectivity index (χ2v) is 5.25. The molecule has 3 rings (SSSR count). The van der Waals surface area contributed by atoms with E-state index in [-0.39, 0.29) is 5.82 Å². The predicted octanol–water partition coefficient (Wildman–Crippen LogP) is 3.55. The molecule has 0 bridgehead atoms. The molecule has 104 valence electrons. The van der Waals surface area contributed by atoms with Gasteiger partial charge in [-0.25, -0.2) is 9.97 Å². The second-order valence-electron chi connectivity index (χ2n) is 4.40. The van der Waals surface area contributed by atoms with Crippen molar-refractivity contribution in [2.24, 2.45) is 0 Å². The average molecular weight is 318 g/mol. The number of nitrogens with two attached hydrogens (primary N) is 1. The van der Waals surface area contributed by atoms with Crippen LogP contribution in [0.25, 0.3) is 22.2 Å². The molecular weight excluding hydrogens is 309 g/mol. The highest BCUT2D eigenvalue weighted by Crippen LogP contribution is 2.31. The summed E-state index contributed by atoms with van der Waals surface area (Å²) in [5.41, 5.74) is 6.70. The molecule has 0 amide bonds. The van der Waals surface area contributed by atoms with Crippen LogP contribution in [0.2, 0.25) is 10.0 Å². The van der Waals surface area contributed by atoms with Crippen molar-refractivity contribution in [3.8, 4) is 11.3 Å². The Morgan fingerprint density at radius 3 is 2.52 bits per heavy atom. The molecule has 0 aliphatic heterocycles. The third-order valence-electron chi connectivity index (χ3n) is 3.02. The lowest BCUT2D eigenvalue weighted by Gasteiger charge is -2.04.